The summed E-state index contributed by atoms with van der Waals surface area (Å²) >= 11 is 0. The number of carboxylic acid groups (broad SMARTS) is 1. The van der Waals surface area contributed by atoms with Gasteiger partial charge in [0, 0.05) is 31.7 Å². The fourth-order valence-electron chi connectivity index (χ4n) is 5.49. The Morgan fingerprint density at radius 1 is 1.05 bits per heavy atom. The van der Waals surface area contributed by atoms with Crippen LogP contribution in [0.25, 0.3) is 0 Å². The minimum atomic E-state index is -1.12. The van der Waals surface area contributed by atoms with E-state index in [9.17, 15) is 24.6 Å². The van der Waals surface area contributed by atoms with E-state index in [0.717, 1.165) is 22.3 Å². The van der Waals surface area contributed by atoms with E-state index in [4.69, 9.17) is 4.74 Å². The molecule has 208 valence electrons. The number of carbonyl (C=O) groups is 3. The van der Waals surface area contributed by atoms with Crippen LogP contribution < -0.4 is 10.1 Å². The molecule has 3 amide bonds. The molecule has 3 aromatic rings. The van der Waals surface area contributed by atoms with Gasteiger partial charge in [-0.05, 0) is 54.2 Å². The van der Waals surface area contributed by atoms with Crippen molar-refractivity contribution in [3.8, 4) is 5.75 Å². The fraction of sp³-hybridized carbons (Fsp3) is 0.323. The van der Waals surface area contributed by atoms with Gasteiger partial charge in [0.15, 0.2) is 0 Å². The van der Waals surface area contributed by atoms with Gasteiger partial charge in [0.2, 0.25) is 0 Å². The maximum atomic E-state index is 13.3. The molecule has 9 nitrogen and oxygen atoms in total. The molecule has 0 spiro atoms. The van der Waals surface area contributed by atoms with Gasteiger partial charge in [-0.25, -0.2) is 4.79 Å². The summed E-state index contributed by atoms with van der Waals surface area (Å²) in [5.41, 5.74) is 4.49. The molecule has 0 bridgehead atoms. The maximum Gasteiger partial charge on any atom is 0.407 e. The monoisotopic (exact) mass is 543 g/mol. The summed E-state index contributed by atoms with van der Waals surface area (Å²) in [7, 11) is 0. The summed E-state index contributed by atoms with van der Waals surface area (Å²) in [4.78, 5) is 41.5. The number of fused-ring (bicyclic) bond motifs is 2. The lowest BCUT2D eigenvalue weighted by Crippen LogP contribution is -2.53. The molecule has 2 aliphatic rings. The molecule has 2 heterocycles. The number of benzene rings is 3. The Morgan fingerprint density at radius 3 is 2.50 bits per heavy atom. The Kier molecular flexibility index (Phi) is 8.02. The van der Waals surface area contributed by atoms with Crippen molar-refractivity contribution >= 4 is 17.9 Å². The van der Waals surface area contributed by atoms with E-state index in [0.29, 0.717) is 43.9 Å². The molecular formula is C31H33N3O6. The highest BCUT2D eigenvalue weighted by Crippen LogP contribution is 2.30. The predicted molar refractivity (Wildman–Crippen MR) is 148 cm³/mol. The molecule has 0 saturated carbocycles. The first-order valence-corrected chi connectivity index (χ1v) is 13.5. The van der Waals surface area contributed by atoms with Crippen molar-refractivity contribution < 1.29 is 29.3 Å². The third kappa shape index (κ3) is 5.65. The number of hydrogen-bond acceptors (Lipinski definition) is 5. The summed E-state index contributed by atoms with van der Waals surface area (Å²) in [5, 5.41) is 23.5. The number of carbonyl (C=O) groups excluding carboxylic acids is 2. The van der Waals surface area contributed by atoms with Gasteiger partial charge in [-0.15, -0.1) is 0 Å². The van der Waals surface area contributed by atoms with Gasteiger partial charge in [0.25, 0.3) is 11.8 Å². The topological polar surface area (TPSA) is 119 Å². The summed E-state index contributed by atoms with van der Waals surface area (Å²) in [6.07, 6.45) is -1.29. The second-order valence-corrected chi connectivity index (χ2v) is 10.1. The third-order valence-electron chi connectivity index (χ3n) is 7.58. The van der Waals surface area contributed by atoms with E-state index < -0.39 is 24.1 Å². The second-order valence-electron chi connectivity index (χ2n) is 10.1. The zero-order valence-corrected chi connectivity index (χ0v) is 22.4. The van der Waals surface area contributed by atoms with Crippen molar-refractivity contribution in [3.63, 3.8) is 0 Å². The van der Waals surface area contributed by atoms with E-state index in [-0.39, 0.29) is 24.6 Å². The van der Waals surface area contributed by atoms with Crippen LogP contribution in [0.4, 0.5) is 4.79 Å². The second kappa shape index (κ2) is 11.8. The molecule has 3 aromatic carbocycles. The fourth-order valence-corrected chi connectivity index (χ4v) is 5.49. The van der Waals surface area contributed by atoms with E-state index in [2.05, 4.69) is 5.32 Å². The first kappa shape index (κ1) is 27.2. The molecule has 0 fully saturated rings. The van der Waals surface area contributed by atoms with Crippen LogP contribution in [0.1, 0.15) is 49.9 Å². The van der Waals surface area contributed by atoms with Crippen LogP contribution in [0.15, 0.2) is 66.7 Å². The Bertz CT molecular complexity index is 1410. The quantitative estimate of drug-likeness (QED) is 0.400. The lowest BCUT2D eigenvalue weighted by atomic mass is 9.91. The maximum absolute atomic E-state index is 13.3. The van der Waals surface area contributed by atoms with Gasteiger partial charge < -0.3 is 25.2 Å². The van der Waals surface area contributed by atoms with Gasteiger partial charge in [-0.2, -0.15) is 0 Å². The van der Waals surface area contributed by atoms with Crippen LogP contribution in [-0.2, 0) is 25.9 Å². The first-order chi connectivity index (χ1) is 19.4. The number of rotatable bonds is 8. The van der Waals surface area contributed by atoms with Crippen LogP contribution in [0.3, 0.4) is 0 Å². The van der Waals surface area contributed by atoms with Gasteiger partial charge >= 0.3 is 6.09 Å². The summed E-state index contributed by atoms with van der Waals surface area (Å²) in [5.74, 6) is -0.274. The molecule has 0 saturated heterocycles. The number of hydrogen-bond donors (Lipinski definition) is 3. The molecule has 40 heavy (non-hydrogen) atoms. The third-order valence-corrected chi connectivity index (χ3v) is 7.58. The van der Waals surface area contributed by atoms with Crippen molar-refractivity contribution in [2.75, 3.05) is 19.7 Å². The lowest BCUT2D eigenvalue weighted by molar-refractivity contribution is 0.0382. The van der Waals surface area contributed by atoms with Gasteiger partial charge in [0.1, 0.15) is 5.75 Å². The van der Waals surface area contributed by atoms with Crippen molar-refractivity contribution in [1.82, 2.24) is 15.1 Å². The normalized spacial score (nSPS) is 17.1. The Morgan fingerprint density at radius 2 is 1.77 bits per heavy atom. The molecule has 0 unspecified atom stereocenters. The van der Waals surface area contributed by atoms with Crippen LogP contribution in [-0.4, -0.2) is 69.8 Å². The summed E-state index contributed by atoms with van der Waals surface area (Å²) in [6.45, 7) is 3.18. The van der Waals surface area contributed by atoms with Crippen LogP contribution in [0.2, 0.25) is 0 Å². The molecule has 9 heteroatoms. The van der Waals surface area contributed by atoms with E-state index in [1.54, 1.807) is 24.0 Å². The summed E-state index contributed by atoms with van der Waals surface area (Å²) in [6, 6.07) is 20.0. The van der Waals surface area contributed by atoms with Crippen molar-refractivity contribution in [3.05, 3.63) is 100 Å². The predicted octanol–water partition coefficient (Wildman–Crippen LogP) is 3.48. The van der Waals surface area contributed by atoms with Crippen LogP contribution in [0, 0.1) is 0 Å². The minimum Gasteiger partial charge on any atom is -0.493 e. The number of amides is 3. The number of nitrogens with zero attached hydrogens (tertiary/aromatic N) is 2. The molecule has 0 radical (unpaired) electrons. The molecule has 3 N–H and O–H groups in total. The molecule has 0 aromatic heterocycles. The standard InChI is InChI=1S/C31H33N3O6/c1-2-40-28-16-24-22(12-13-33(30(24)37)18-20-8-4-3-5-9-20)14-25(28)29(36)32-17-27(35)26-15-21-10-6-7-11-23(21)19-34(26)31(38)39/h3-11,14,16,26-27,35H,2,12-13,15,17-19H2,1H3,(H,32,36)(H,38,39)/t26-,27+/m0/s1. The Hall–Kier alpha value is -4.37. The van der Waals surface area contributed by atoms with Crippen molar-refractivity contribution in [2.45, 2.75) is 45.0 Å². The van der Waals surface area contributed by atoms with Crippen molar-refractivity contribution in [2.24, 2.45) is 0 Å². The van der Waals surface area contributed by atoms with Crippen LogP contribution >= 0.6 is 0 Å². The van der Waals surface area contributed by atoms with Gasteiger partial charge in [0.05, 0.1) is 24.3 Å². The largest absolute Gasteiger partial charge is 0.493 e. The van der Waals surface area contributed by atoms with E-state index in [1.807, 2.05) is 54.6 Å². The molecule has 5 rings (SSSR count). The number of aliphatic hydroxyl groups is 1. The number of nitrogens with one attached hydrogen (secondary N) is 1. The molecule has 2 atom stereocenters. The Balaban J connectivity index is 1.30. The zero-order chi connectivity index (χ0) is 28.2. The van der Waals surface area contributed by atoms with E-state index in [1.165, 1.54) is 4.90 Å². The average Bonchev–Trinajstić information content (AvgIpc) is 2.97. The Labute approximate surface area is 233 Å². The average molecular weight is 544 g/mol. The van der Waals surface area contributed by atoms with Gasteiger partial charge in [-0.1, -0.05) is 54.6 Å². The highest BCUT2D eigenvalue weighted by Gasteiger charge is 2.35. The number of aliphatic hydroxyl groups excluding tert-OH is 1. The SMILES string of the molecule is CCOc1cc2c(cc1C(=O)NC[C@@H](O)[C@@H]1Cc3ccccc3CN1C(=O)O)CCN(Cc1ccccc1)C2=O. The highest BCUT2D eigenvalue weighted by atomic mass is 16.5. The lowest BCUT2D eigenvalue weighted by Gasteiger charge is -2.37. The summed E-state index contributed by atoms with van der Waals surface area (Å²) < 4.78 is 5.76. The van der Waals surface area contributed by atoms with Crippen molar-refractivity contribution in [1.29, 1.82) is 0 Å². The molecular weight excluding hydrogens is 510 g/mol. The molecule has 0 aliphatic carbocycles. The zero-order valence-electron chi connectivity index (χ0n) is 22.4. The highest BCUT2D eigenvalue weighted by molar-refractivity contribution is 6.02. The smallest absolute Gasteiger partial charge is 0.407 e. The molecule has 2 aliphatic heterocycles. The van der Waals surface area contributed by atoms with E-state index >= 15 is 0 Å². The number of ether oxygens (including phenoxy) is 1. The first-order valence-electron chi connectivity index (χ1n) is 13.5. The van der Waals surface area contributed by atoms with Gasteiger partial charge in [-0.3, -0.25) is 14.5 Å². The van der Waals surface area contributed by atoms with Crippen LogP contribution in [0.5, 0.6) is 5.75 Å². The minimum absolute atomic E-state index is 0.111.